The largest absolute Gasteiger partial charge is 0.369 e. The molecule has 0 aliphatic rings. The van der Waals surface area contributed by atoms with Crippen LogP contribution in [0.2, 0.25) is 5.02 Å². The highest BCUT2D eigenvalue weighted by molar-refractivity contribution is 6.31. The molecule has 1 aromatic carbocycles. The van der Waals surface area contributed by atoms with Crippen molar-refractivity contribution in [2.75, 3.05) is 5.73 Å². The van der Waals surface area contributed by atoms with Gasteiger partial charge in [0.15, 0.2) is 0 Å². The van der Waals surface area contributed by atoms with Crippen LogP contribution in [0, 0.1) is 12.7 Å². The van der Waals surface area contributed by atoms with E-state index < -0.39 is 5.82 Å². The van der Waals surface area contributed by atoms with Crippen molar-refractivity contribution < 1.29 is 8.91 Å². The van der Waals surface area contributed by atoms with Gasteiger partial charge in [0.2, 0.25) is 5.95 Å². The number of imidazole rings is 1. The van der Waals surface area contributed by atoms with E-state index in [0.717, 1.165) is 0 Å². The number of anilines is 1. The van der Waals surface area contributed by atoms with Crippen LogP contribution >= 0.6 is 11.6 Å². The number of halogens is 2. The number of hydrogen-bond acceptors (Lipinski definition) is 4. The maximum absolute atomic E-state index is 13.4. The molecule has 0 amide bonds. The first-order valence-corrected chi connectivity index (χ1v) is 5.95. The zero-order valence-corrected chi connectivity index (χ0v) is 10.8. The zero-order chi connectivity index (χ0) is 13.6. The summed E-state index contributed by atoms with van der Waals surface area (Å²) in [5.74, 6) is 0.468. The first-order valence-electron chi connectivity index (χ1n) is 5.57. The van der Waals surface area contributed by atoms with Crippen molar-refractivity contribution >= 4 is 28.6 Å². The fourth-order valence-electron chi connectivity index (χ4n) is 1.96. The molecule has 5 nitrogen and oxygen atoms in total. The number of aromatic nitrogens is 3. The van der Waals surface area contributed by atoms with Gasteiger partial charge < -0.3 is 14.8 Å². The number of nitrogen functional groups attached to an aromatic ring is 1. The molecule has 0 saturated carbocycles. The third-order valence-corrected chi connectivity index (χ3v) is 3.11. The van der Waals surface area contributed by atoms with Crippen LogP contribution in [0.25, 0.3) is 11.0 Å². The molecule has 3 aromatic rings. The molecule has 7 heteroatoms. The van der Waals surface area contributed by atoms with E-state index >= 15 is 0 Å². The van der Waals surface area contributed by atoms with E-state index in [-0.39, 0.29) is 11.0 Å². The molecule has 3 rings (SSSR count). The number of benzene rings is 1. The molecule has 0 atom stereocenters. The Morgan fingerprint density at radius 1 is 1.42 bits per heavy atom. The van der Waals surface area contributed by atoms with Crippen LogP contribution in [0.15, 0.2) is 22.7 Å². The van der Waals surface area contributed by atoms with Crippen LogP contribution in [0.4, 0.5) is 10.3 Å². The third-order valence-electron chi connectivity index (χ3n) is 2.82. The van der Waals surface area contributed by atoms with Crippen LogP contribution in [-0.4, -0.2) is 14.7 Å². The lowest BCUT2D eigenvalue weighted by atomic mass is 10.3. The van der Waals surface area contributed by atoms with Gasteiger partial charge >= 0.3 is 0 Å². The zero-order valence-electron chi connectivity index (χ0n) is 10.0. The molecule has 0 spiro atoms. The highest BCUT2D eigenvalue weighted by Crippen LogP contribution is 2.25. The minimum atomic E-state index is -0.518. The summed E-state index contributed by atoms with van der Waals surface area (Å²) in [5.41, 5.74) is 7.66. The van der Waals surface area contributed by atoms with Gasteiger partial charge in [0.05, 0.1) is 22.6 Å². The molecule has 0 aliphatic carbocycles. The van der Waals surface area contributed by atoms with Crippen molar-refractivity contribution in [2.45, 2.75) is 13.5 Å². The summed E-state index contributed by atoms with van der Waals surface area (Å²) in [6.07, 6.45) is 0. The smallest absolute Gasteiger partial charge is 0.201 e. The van der Waals surface area contributed by atoms with Crippen LogP contribution in [0.1, 0.15) is 11.5 Å². The Bertz CT molecular complexity index is 765. The van der Waals surface area contributed by atoms with E-state index in [2.05, 4.69) is 10.1 Å². The Morgan fingerprint density at radius 3 is 2.89 bits per heavy atom. The average Bonchev–Trinajstić information content (AvgIpc) is 2.87. The monoisotopic (exact) mass is 280 g/mol. The lowest BCUT2D eigenvalue weighted by Crippen LogP contribution is -2.04. The lowest BCUT2D eigenvalue weighted by Gasteiger charge is -2.03. The number of nitrogens with zero attached hydrogens (tertiary/aromatic N) is 3. The van der Waals surface area contributed by atoms with Gasteiger partial charge in [-0.1, -0.05) is 16.8 Å². The lowest BCUT2D eigenvalue weighted by molar-refractivity contribution is 0.389. The quantitative estimate of drug-likeness (QED) is 0.783. The van der Waals surface area contributed by atoms with Gasteiger partial charge in [-0.25, -0.2) is 9.37 Å². The van der Waals surface area contributed by atoms with Crippen molar-refractivity contribution in [3.63, 3.8) is 0 Å². The molecule has 0 fully saturated rings. The maximum atomic E-state index is 13.4. The van der Waals surface area contributed by atoms with Crippen molar-refractivity contribution in [1.82, 2.24) is 14.7 Å². The molecule has 0 aliphatic heterocycles. The second-order valence-electron chi connectivity index (χ2n) is 4.24. The molecule has 0 radical (unpaired) electrons. The topological polar surface area (TPSA) is 69.9 Å². The van der Waals surface area contributed by atoms with Gasteiger partial charge in [0.1, 0.15) is 17.3 Å². The van der Waals surface area contributed by atoms with Crippen LogP contribution in [0.5, 0.6) is 0 Å². The first kappa shape index (κ1) is 12.0. The van der Waals surface area contributed by atoms with Crippen molar-refractivity contribution in [2.24, 2.45) is 0 Å². The van der Waals surface area contributed by atoms with Crippen LogP contribution in [-0.2, 0) is 6.54 Å². The summed E-state index contributed by atoms with van der Waals surface area (Å²) in [6, 6.07) is 4.57. The molecule has 2 aromatic heterocycles. The van der Waals surface area contributed by atoms with E-state index in [1.165, 1.54) is 12.1 Å². The standard InChI is InChI=1S/C12H10ClFN4O/c1-6-2-7(17-19-6)5-18-11-3-8(13)9(14)4-10(11)16-12(18)15/h2-4H,5H2,1H3,(H2,15,16). The molecular weight excluding hydrogens is 271 g/mol. The van der Waals surface area contributed by atoms with Crippen molar-refractivity contribution in [3.05, 3.63) is 40.5 Å². The Labute approximate surface area is 112 Å². The van der Waals surface area contributed by atoms with E-state index in [1.807, 2.05) is 0 Å². The Balaban J connectivity index is 2.12. The normalized spacial score (nSPS) is 11.3. The number of aryl methyl sites for hydroxylation is 1. The number of fused-ring (bicyclic) bond motifs is 1. The summed E-state index contributed by atoms with van der Waals surface area (Å²) in [4.78, 5) is 4.10. The predicted molar refractivity (Wildman–Crippen MR) is 69.5 cm³/mol. The summed E-state index contributed by atoms with van der Waals surface area (Å²) in [7, 11) is 0. The van der Waals surface area contributed by atoms with Crippen LogP contribution in [0.3, 0.4) is 0 Å². The first-order chi connectivity index (χ1) is 9.04. The molecule has 98 valence electrons. The van der Waals surface area contributed by atoms with E-state index in [1.54, 1.807) is 17.6 Å². The fourth-order valence-corrected chi connectivity index (χ4v) is 2.12. The highest BCUT2D eigenvalue weighted by atomic mass is 35.5. The molecule has 0 bridgehead atoms. The predicted octanol–water partition coefficient (Wildman–Crippen LogP) is 2.76. The van der Waals surface area contributed by atoms with Gasteiger partial charge in [0.25, 0.3) is 0 Å². The van der Waals surface area contributed by atoms with Gasteiger partial charge in [-0.15, -0.1) is 0 Å². The fraction of sp³-hybridized carbons (Fsp3) is 0.167. The summed E-state index contributed by atoms with van der Waals surface area (Å²) < 4.78 is 20.1. The van der Waals surface area contributed by atoms with E-state index in [9.17, 15) is 4.39 Å². The summed E-state index contributed by atoms with van der Waals surface area (Å²) >= 11 is 5.78. The average molecular weight is 281 g/mol. The number of nitrogens with two attached hydrogens (primary N) is 1. The van der Waals surface area contributed by atoms with Gasteiger partial charge in [0, 0.05) is 12.1 Å². The Morgan fingerprint density at radius 2 is 2.21 bits per heavy atom. The van der Waals surface area contributed by atoms with Gasteiger partial charge in [-0.2, -0.15) is 0 Å². The molecular formula is C12H10ClFN4O. The molecule has 0 unspecified atom stereocenters. The number of hydrogen-bond donors (Lipinski definition) is 1. The van der Waals surface area contributed by atoms with Gasteiger partial charge in [-0.05, 0) is 13.0 Å². The second-order valence-corrected chi connectivity index (χ2v) is 4.65. The second kappa shape index (κ2) is 4.24. The number of rotatable bonds is 2. The van der Waals surface area contributed by atoms with Gasteiger partial charge in [-0.3, -0.25) is 0 Å². The SMILES string of the molecule is Cc1cc(Cn2c(N)nc3cc(F)c(Cl)cc32)no1. The minimum Gasteiger partial charge on any atom is -0.369 e. The van der Waals surface area contributed by atoms with Crippen molar-refractivity contribution in [1.29, 1.82) is 0 Å². The van der Waals surface area contributed by atoms with E-state index in [0.29, 0.717) is 29.0 Å². The Hall–Kier alpha value is -2.08. The molecule has 2 N–H and O–H groups in total. The van der Waals surface area contributed by atoms with Crippen LogP contribution < -0.4 is 5.73 Å². The molecule has 19 heavy (non-hydrogen) atoms. The third kappa shape index (κ3) is 2.04. The van der Waals surface area contributed by atoms with Crippen molar-refractivity contribution in [3.8, 4) is 0 Å². The molecule has 0 saturated heterocycles. The van der Waals surface area contributed by atoms with E-state index in [4.69, 9.17) is 21.9 Å². The maximum Gasteiger partial charge on any atom is 0.201 e. The summed E-state index contributed by atoms with van der Waals surface area (Å²) in [6.45, 7) is 2.19. The molecule has 2 heterocycles. The minimum absolute atomic E-state index is 0.0324. The highest BCUT2D eigenvalue weighted by Gasteiger charge is 2.13. The Kier molecular flexibility index (Phi) is 2.67. The summed E-state index contributed by atoms with van der Waals surface area (Å²) in [5, 5.41) is 3.92.